The molecule has 5 aliphatic rings. The first kappa shape index (κ1) is 16.7. The standard InChI is InChI=1S/C22H29FN2O/c1-20-9-15-10-21(13-20,16-5-3-2-4-6-16)14-22(20,11-15)19(26)25-18-7-8-24-12-17(18)23/h2-6,15,17-18,24H,7-14H2,1H3,(H,25,26)/t15?,17-,18-,20?,21?,22?/m1/s1. The van der Waals surface area contributed by atoms with Gasteiger partial charge in [0.15, 0.2) is 0 Å². The second-order valence-electron chi connectivity index (χ2n) is 9.71. The van der Waals surface area contributed by atoms with Gasteiger partial charge in [-0.2, -0.15) is 0 Å². The average molecular weight is 356 g/mol. The van der Waals surface area contributed by atoms with Crippen molar-refractivity contribution in [1.82, 2.24) is 10.6 Å². The fourth-order valence-corrected chi connectivity index (χ4v) is 7.25. The Hall–Kier alpha value is -1.42. The van der Waals surface area contributed by atoms with Crippen molar-refractivity contribution in [1.29, 1.82) is 0 Å². The van der Waals surface area contributed by atoms with Gasteiger partial charge in [0.1, 0.15) is 6.17 Å². The zero-order valence-corrected chi connectivity index (χ0v) is 15.6. The van der Waals surface area contributed by atoms with Crippen LogP contribution in [-0.2, 0) is 10.2 Å². The lowest BCUT2D eigenvalue weighted by Gasteiger charge is -2.41. The molecule has 4 aliphatic carbocycles. The Bertz CT molecular complexity index is 724. The van der Waals surface area contributed by atoms with Crippen LogP contribution in [0.1, 0.15) is 51.0 Å². The average Bonchev–Trinajstić information content (AvgIpc) is 2.95. The third-order valence-corrected chi connectivity index (χ3v) is 8.13. The third-order valence-electron chi connectivity index (χ3n) is 8.13. The molecule has 1 amide bonds. The molecule has 4 bridgehead atoms. The highest BCUT2D eigenvalue weighted by Gasteiger charge is 2.72. The molecule has 140 valence electrons. The molecular weight excluding hydrogens is 327 g/mol. The molecule has 1 saturated heterocycles. The quantitative estimate of drug-likeness (QED) is 0.872. The number of rotatable bonds is 3. The van der Waals surface area contributed by atoms with Crippen molar-refractivity contribution in [3.8, 4) is 0 Å². The number of benzene rings is 1. The second-order valence-corrected chi connectivity index (χ2v) is 9.71. The number of nitrogens with one attached hydrogen (secondary N) is 2. The molecule has 6 rings (SSSR count). The fourth-order valence-electron chi connectivity index (χ4n) is 7.25. The van der Waals surface area contributed by atoms with Crippen molar-refractivity contribution >= 4 is 5.91 Å². The lowest BCUT2D eigenvalue weighted by molar-refractivity contribution is -0.137. The first-order valence-corrected chi connectivity index (χ1v) is 10.2. The van der Waals surface area contributed by atoms with Gasteiger partial charge in [0.05, 0.1) is 11.5 Å². The maximum absolute atomic E-state index is 14.3. The van der Waals surface area contributed by atoms with Gasteiger partial charge in [-0.3, -0.25) is 4.79 Å². The Morgan fingerprint density at radius 3 is 2.77 bits per heavy atom. The molecule has 4 unspecified atom stereocenters. The van der Waals surface area contributed by atoms with Crippen LogP contribution in [0.2, 0.25) is 0 Å². The van der Waals surface area contributed by atoms with Gasteiger partial charge in [0.25, 0.3) is 0 Å². The van der Waals surface area contributed by atoms with Crippen molar-refractivity contribution in [2.45, 2.75) is 63.1 Å². The molecule has 2 N–H and O–H groups in total. The zero-order valence-electron chi connectivity index (χ0n) is 15.6. The van der Waals surface area contributed by atoms with Gasteiger partial charge in [0, 0.05) is 6.54 Å². The number of alkyl halides is 1. The van der Waals surface area contributed by atoms with Crippen molar-refractivity contribution in [2.75, 3.05) is 13.1 Å². The number of hydrogen-bond acceptors (Lipinski definition) is 2. The topological polar surface area (TPSA) is 41.1 Å². The summed E-state index contributed by atoms with van der Waals surface area (Å²) in [6, 6.07) is 10.5. The normalized spacial score (nSPS) is 46.5. The second kappa shape index (κ2) is 5.54. The van der Waals surface area contributed by atoms with E-state index in [1.807, 2.05) is 0 Å². The Balaban J connectivity index is 1.46. The summed E-state index contributed by atoms with van der Waals surface area (Å²) in [5.74, 6) is 0.761. The first-order valence-electron chi connectivity index (χ1n) is 10.2. The summed E-state index contributed by atoms with van der Waals surface area (Å²) in [4.78, 5) is 13.5. The lowest BCUT2D eigenvalue weighted by Crippen LogP contribution is -2.56. The van der Waals surface area contributed by atoms with E-state index in [4.69, 9.17) is 0 Å². The summed E-state index contributed by atoms with van der Waals surface area (Å²) in [5, 5.41) is 6.23. The molecule has 0 aromatic heterocycles. The molecule has 1 aromatic rings. The van der Waals surface area contributed by atoms with Gasteiger partial charge in [-0.15, -0.1) is 0 Å². The van der Waals surface area contributed by atoms with E-state index in [0.29, 0.717) is 18.9 Å². The Kier molecular flexibility index (Phi) is 3.57. The van der Waals surface area contributed by atoms with Crippen LogP contribution < -0.4 is 10.6 Å². The Morgan fingerprint density at radius 2 is 2.00 bits per heavy atom. The smallest absolute Gasteiger partial charge is 0.227 e. The molecular formula is C22H29FN2O. The minimum absolute atomic E-state index is 0.0502. The minimum Gasteiger partial charge on any atom is -0.350 e. The van der Waals surface area contributed by atoms with Crippen LogP contribution in [0.5, 0.6) is 0 Å². The van der Waals surface area contributed by atoms with E-state index in [0.717, 1.165) is 32.2 Å². The van der Waals surface area contributed by atoms with E-state index >= 15 is 0 Å². The van der Waals surface area contributed by atoms with Gasteiger partial charge in [-0.1, -0.05) is 37.3 Å². The van der Waals surface area contributed by atoms with E-state index < -0.39 is 6.17 Å². The van der Waals surface area contributed by atoms with Crippen LogP contribution in [0.4, 0.5) is 4.39 Å². The van der Waals surface area contributed by atoms with Crippen LogP contribution in [0.15, 0.2) is 30.3 Å². The maximum Gasteiger partial charge on any atom is 0.227 e. The number of piperidine rings is 1. The number of amides is 1. The van der Waals surface area contributed by atoms with Gasteiger partial charge in [-0.05, 0) is 67.4 Å². The third kappa shape index (κ3) is 2.17. The van der Waals surface area contributed by atoms with E-state index in [2.05, 4.69) is 47.9 Å². The summed E-state index contributed by atoms with van der Waals surface area (Å²) in [6.07, 6.45) is 5.10. The van der Waals surface area contributed by atoms with Crippen molar-refractivity contribution in [3.63, 3.8) is 0 Å². The van der Waals surface area contributed by atoms with Gasteiger partial charge < -0.3 is 10.6 Å². The molecule has 3 nitrogen and oxygen atoms in total. The first-order chi connectivity index (χ1) is 12.5. The molecule has 0 radical (unpaired) electrons. The van der Waals surface area contributed by atoms with Gasteiger partial charge >= 0.3 is 0 Å². The molecule has 1 heterocycles. The predicted octanol–water partition coefficient (Wildman–Crippen LogP) is 3.34. The highest BCUT2D eigenvalue weighted by Crippen LogP contribution is 2.76. The van der Waals surface area contributed by atoms with Crippen LogP contribution in [-0.4, -0.2) is 31.2 Å². The number of halogens is 1. The molecule has 1 aromatic carbocycles. The van der Waals surface area contributed by atoms with E-state index in [-0.39, 0.29) is 28.2 Å². The fraction of sp³-hybridized carbons (Fsp3) is 0.682. The number of hydrogen-bond donors (Lipinski definition) is 2. The largest absolute Gasteiger partial charge is 0.350 e. The van der Waals surface area contributed by atoms with Crippen molar-refractivity contribution in [2.24, 2.45) is 16.7 Å². The molecule has 5 fully saturated rings. The summed E-state index contributed by atoms with van der Waals surface area (Å²) in [6.45, 7) is 3.46. The van der Waals surface area contributed by atoms with E-state index in [1.54, 1.807) is 0 Å². The predicted molar refractivity (Wildman–Crippen MR) is 99.5 cm³/mol. The number of carbonyl (C=O) groups is 1. The molecule has 1 aliphatic heterocycles. The molecule has 4 heteroatoms. The van der Waals surface area contributed by atoms with Crippen molar-refractivity contribution in [3.05, 3.63) is 35.9 Å². The Morgan fingerprint density at radius 1 is 1.19 bits per heavy atom. The summed E-state index contributed by atoms with van der Waals surface area (Å²) < 4.78 is 14.3. The molecule has 6 atom stereocenters. The Labute approximate surface area is 155 Å². The van der Waals surface area contributed by atoms with E-state index in [9.17, 15) is 9.18 Å². The maximum atomic E-state index is 14.3. The van der Waals surface area contributed by atoms with Gasteiger partial charge in [0.2, 0.25) is 5.91 Å². The summed E-state index contributed by atoms with van der Waals surface area (Å²) in [5.41, 5.74) is 1.28. The summed E-state index contributed by atoms with van der Waals surface area (Å²) in [7, 11) is 0. The monoisotopic (exact) mass is 356 g/mol. The minimum atomic E-state index is -0.976. The zero-order chi connectivity index (χ0) is 18.0. The van der Waals surface area contributed by atoms with Crippen LogP contribution >= 0.6 is 0 Å². The highest BCUT2D eigenvalue weighted by molar-refractivity contribution is 5.85. The molecule has 26 heavy (non-hydrogen) atoms. The van der Waals surface area contributed by atoms with Crippen LogP contribution in [0.25, 0.3) is 0 Å². The van der Waals surface area contributed by atoms with Crippen LogP contribution in [0.3, 0.4) is 0 Å². The molecule has 0 spiro atoms. The lowest BCUT2D eigenvalue weighted by atomic mass is 9.63. The SMILES string of the molecule is CC12CC3CC(c4ccccc4)(C1)CC2(C(=O)N[C@@H]1CCNC[C@H]1F)C3. The number of carbonyl (C=O) groups excluding carboxylic acids is 1. The summed E-state index contributed by atoms with van der Waals surface area (Å²) >= 11 is 0. The highest BCUT2D eigenvalue weighted by atomic mass is 19.1. The molecule has 4 saturated carbocycles. The van der Waals surface area contributed by atoms with Crippen LogP contribution in [0, 0.1) is 16.7 Å². The van der Waals surface area contributed by atoms with E-state index in [1.165, 1.54) is 12.0 Å². The van der Waals surface area contributed by atoms with Gasteiger partial charge in [-0.25, -0.2) is 4.39 Å². The van der Waals surface area contributed by atoms with Crippen molar-refractivity contribution < 1.29 is 9.18 Å².